The molecule has 0 atom stereocenters. The van der Waals surface area contributed by atoms with Crippen molar-refractivity contribution in [3.63, 3.8) is 0 Å². The first-order valence-corrected chi connectivity index (χ1v) is 5.54. The highest BCUT2D eigenvalue weighted by Crippen LogP contribution is 2.02. The van der Waals surface area contributed by atoms with Crippen molar-refractivity contribution in [1.82, 2.24) is 15.0 Å². The van der Waals surface area contributed by atoms with Crippen LogP contribution in [-0.2, 0) is 6.54 Å². The molecule has 0 radical (unpaired) electrons. The lowest BCUT2D eigenvalue weighted by molar-refractivity contribution is 0.972. The van der Waals surface area contributed by atoms with Gasteiger partial charge >= 0.3 is 0 Å². The van der Waals surface area contributed by atoms with Gasteiger partial charge in [-0.1, -0.05) is 30.3 Å². The van der Waals surface area contributed by atoms with E-state index in [0.717, 1.165) is 0 Å². The van der Waals surface area contributed by atoms with Crippen molar-refractivity contribution in [3.8, 4) is 0 Å². The van der Waals surface area contributed by atoms with Crippen LogP contribution in [0, 0.1) is 9.54 Å². The molecule has 0 aliphatic carbocycles. The Morgan fingerprint density at radius 3 is 2.56 bits per heavy atom. The number of nitrogens with one attached hydrogen (secondary N) is 3. The molecular formula is C10H10N4S2. The summed E-state index contributed by atoms with van der Waals surface area (Å²) in [6.07, 6.45) is 0. The van der Waals surface area contributed by atoms with E-state index in [1.807, 2.05) is 30.3 Å². The lowest BCUT2D eigenvalue weighted by Crippen LogP contribution is -2.04. The lowest BCUT2D eigenvalue weighted by Gasteiger charge is -2.04. The number of anilines is 1. The van der Waals surface area contributed by atoms with Crippen LogP contribution in [0.5, 0.6) is 0 Å². The van der Waals surface area contributed by atoms with Gasteiger partial charge in [-0.2, -0.15) is 4.98 Å². The highest BCUT2D eigenvalue weighted by atomic mass is 32.1. The van der Waals surface area contributed by atoms with Gasteiger partial charge < -0.3 is 15.3 Å². The van der Waals surface area contributed by atoms with Crippen LogP contribution < -0.4 is 5.32 Å². The number of rotatable bonds is 3. The molecule has 1 heterocycles. The predicted molar refractivity (Wildman–Crippen MR) is 68.4 cm³/mol. The van der Waals surface area contributed by atoms with E-state index in [9.17, 15) is 0 Å². The predicted octanol–water partition coefficient (Wildman–Crippen LogP) is 2.81. The minimum absolute atomic E-state index is 0.374. The van der Waals surface area contributed by atoms with Crippen molar-refractivity contribution < 1.29 is 0 Å². The number of aromatic nitrogens is 3. The molecule has 0 aliphatic heterocycles. The molecule has 2 rings (SSSR count). The Hall–Kier alpha value is -1.53. The summed E-state index contributed by atoms with van der Waals surface area (Å²) in [7, 11) is 0. The summed E-state index contributed by atoms with van der Waals surface area (Å²) in [6, 6.07) is 10.0. The first-order valence-electron chi connectivity index (χ1n) is 4.72. The zero-order valence-corrected chi connectivity index (χ0v) is 9.99. The largest absolute Gasteiger partial charge is 0.352 e. The van der Waals surface area contributed by atoms with Gasteiger partial charge in [-0.15, -0.1) is 0 Å². The van der Waals surface area contributed by atoms with E-state index >= 15 is 0 Å². The first-order chi connectivity index (χ1) is 7.74. The third-order valence-electron chi connectivity index (χ3n) is 1.97. The summed E-state index contributed by atoms with van der Waals surface area (Å²) in [4.78, 5) is 9.70. The monoisotopic (exact) mass is 250 g/mol. The van der Waals surface area contributed by atoms with Gasteiger partial charge in [-0.25, -0.2) is 0 Å². The second kappa shape index (κ2) is 5.00. The average molecular weight is 250 g/mol. The van der Waals surface area contributed by atoms with Gasteiger partial charge in [-0.3, -0.25) is 0 Å². The Labute approximate surface area is 103 Å². The third-order valence-corrected chi connectivity index (χ3v) is 2.37. The van der Waals surface area contributed by atoms with Crippen molar-refractivity contribution in [2.45, 2.75) is 6.54 Å². The van der Waals surface area contributed by atoms with Crippen LogP contribution in [0.15, 0.2) is 30.3 Å². The molecule has 0 spiro atoms. The van der Waals surface area contributed by atoms with E-state index in [-0.39, 0.29) is 0 Å². The quantitative estimate of drug-likeness (QED) is 0.733. The maximum Gasteiger partial charge on any atom is 0.205 e. The molecule has 2 aromatic rings. The zero-order valence-electron chi connectivity index (χ0n) is 8.36. The second-order valence-electron chi connectivity index (χ2n) is 3.18. The van der Waals surface area contributed by atoms with Crippen LogP contribution in [0.3, 0.4) is 0 Å². The maximum atomic E-state index is 4.96. The number of nitrogens with zero attached hydrogens (tertiary/aromatic N) is 1. The van der Waals surface area contributed by atoms with Crippen LogP contribution in [0.1, 0.15) is 5.56 Å². The van der Waals surface area contributed by atoms with E-state index in [2.05, 4.69) is 20.3 Å². The van der Waals surface area contributed by atoms with Crippen molar-refractivity contribution in [2.24, 2.45) is 0 Å². The first kappa shape index (κ1) is 11.0. The minimum atomic E-state index is 0.374. The maximum absolute atomic E-state index is 4.96. The number of benzene rings is 1. The number of hydrogen-bond acceptors (Lipinski definition) is 4. The van der Waals surface area contributed by atoms with E-state index in [4.69, 9.17) is 24.4 Å². The van der Waals surface area contributed by atoms with Gasteiger partial charge in [-0.05, 0) is 30.0 Å². The van der Waals surface area contributed by atoms with Gasteiger partial charge in [0.2, 0.25) is 10.7 Å². The van der Waals surface area contributed by atoms with Crippen molar-refractivity contribution in [2.75, 3.05) is 5.32 Å². The summed E-state index contributed by atoms with van der Waals surface area (Å²) >= 11 is 9.88. The average Bonchev–Trinajstić information content (AvgIpc) is 2.27. The van der Waals surface area contributed by atoms with Crippen LogP contribution in [0.4, 0.5) is 5.95 Å². The molecule has 82 valence electrons. The van der Waals surface area contributed by atoms with Crippen LogP contribution in [0.25, 0.3) is 0 Å². The minimum Gasteiger partial charge on any atom is -0.352 e. The SMILES string of the molecule is S=c1nc(NCc2ccccc2)[nH]c(=S)[nH]1. The van der Waals surface area contributed by atoms with E-state index in [1.165, 1.54) is 5.56 Å². The molecule has 16 heavy (non-hydrogen) atoms. The van der Waals surface area contributed by atoms with Gasteiger partial charge in [0.25, 0.3) is 0 Å². The summed E-state index contributed by atoms with van der Waals surface area (Å²) in [5.74, 6) is 0.581. The molecule has 0 fully saturated rings. The van der Waals surface area contributed by atoms with E-state index in [1.54, 1.807) is 0 Å². The Bertz CT molecular complexity index is 545. The number of hydrogen-bond donors (Lipinski definition) is 3. The van der Waals surface area contributed by atoms with Gasteiger partial charge in [0.1, 0.15) is 0 Å². The summed E-state index contributed by atoms with van der Waals surface area (Å²) in [5.41, 5.74) is 1.17. The molecule has 0 amide bonds. The molecular weight excluding hydrogens is 240 g/mol. The fourth-order valence-electron chi connectivity index (χ4n) is 1.26. The third kappa shape index (κ3) is 2.98. The Morgan fingerprint density at radius 1 is 1.12 bits per heavy atom. The molecule has 0 saturated carbocycles. The van der Waals surface area contributed by atoms with Gasteiger partial charge in [0.15, 0.2) is 4.77 Å². The summed E-state index contributed by atoms with van der Waals surface area (Å²) < 4.78 is 0.842. The smallest absolute Gasteiger partial charge is 0.205 e. The van der Waals surface area contributed by atoms with Crippen LogP contribution in [-0.4, -0.2) is 15.0 Å². The van der Waals surface area contributed by atoms with Gasteiger partial charge in [0, 0.05) is 6.54 Å². The molecule has 0 aliphatic rings. The standard InChI is InChI=1S/C10H10N4S2/c15-9-12-8(13-10(16)14-9)11-6-7-4-2-1-3-5-7/h1-5H,6H2,(H3,11,12,13,14,15,16). The highest BCUT2D eigenvalue weighted by molar-refractivity contribution is 7.71. The molecule has 0 bridgehead atoms. The fourth-order valence-corrected chi connectivity index (χ4v) is 1.71. The number of aromatic amines is 2. The van der Waals surface area contributed by atoms with Crippen molar-refractivity contribution >= 4 is 30.4 Å². The van der Waals surface area contributed by atoms with Crippen LogP contribution >= 0.6 is 24.4 Å². The molecule has 0 saturated heterocycles. The van der Waals surface area contributed by atoms with Crippen molar-refractivity contribution in [3.05, 3.63) is 45.4 Å². The molecule has 3 N–H and O–H groups in total. The van der Waals surface area contributed by atoms with E-state index < -0.39 is 0 Å². The van der Waals surface area contributed by atoms with Crippen molar-refractivity contribution in [1.29, 1.82) is 0 Å². The Morgan fingerprint density at radius 2 is 1.88 bits per heavy atom. The Kier molecular flexibility index (Phi) is 3.43. The Balaban J connectivity index is 2.11. The molecule has 1 aromatic heterocycles. The topological polar surface area (TPSA) is 56.5 Å². The highest BCUT2D eigenvalue weighted by Gasteiger charge is 1.95. The van der Waals surface area contributed by atoms with E-state index in [0.29, 0.717) is 22.0 Å². The molecule has 0 unspecified atom stereocenters. The normalized spacial score (nSPS) is 10.0. The molecule has 4 nitrogen and oxygen atoms in total. The second-order valence-corrected chi connectivity index (χ2v) is 3.98. The summed E-state index contributed by atoms with van der Waals surface area (Å²) in [6.45, 7) is 0.678. The fraction of sp³-hybridized carbons (Fsp3) is 0.100. The van der Waals surface area contributed by atoms with Crippen LogP contribution in [0.2, 0.25) is 0 Å². The molecule has 6 heteroatoms. The summed E-state index contributed by atoms with van der Waals surface area (Å²) in [5, 5.41) is 3.12. The lowest BCUT2D eigenvalue weighted by atomic mass is 10.2. The zero-order chi connectivity index (χ0) is 11.4. The number of H-pyrrole nitrogens is 2. The van der Waals surface area contributed by atoms with Gasteiger partial charge in [0.05, 0.1) is 0 Å². The molecule has 1 aromatic carbocycles.